The van der Waals surface area contributed by atoms with Crippen LogP contribution in [0.15, 0.2) is 109 Å². The highest BCUT2D eigenvalue weighted by molar-refractivity contribution is 7.93. The molecule has 10 atom stereocenters. The first-order chi connectivity index (χ1) is 69.4. The number of imidazole rings is 1. The minimum absolute atomic E-state index is 0.137. The fraction of sp³-hybridized carbons (Fsp3) is 0.515. The highest BCUT2D eigenvalue weighted by Gasteiger charge is 2.43. The Labute approximate surface area is 857 Å². The van der Waals surface area contributed by atoms with Gasteiger partial charge in [-0.15, -0.1) is 0 Å². The number of hydrogen-bond acceptors (Lipinski definition) is 36. The van der Waals surface area contributed by atoms with E-state index in [1.165, 1.54) is 5.57 Å². The van der Waals surface area contributed by atoms with Gasteiger partial charge in [-0.2, -0.15) is 4.98 Å². The summed E-state index contributed by atoms with van der Waals surface area (Å²) in [5.74, 6) is 8.49. The number of morpholine rings is 5. The van der Waals surface area contributed by atoms with Crippen molar-refractivity contribution in [1.29, 1.82) is 0 Å². The third-order valence-electron chi connectivity index (χ3n) is 28.1. The number of rotatable bonds is 16. The molecule has 772 valence electrons. The molecule has 145 heavy (non-hydrogen) atoms. The molecule has 10 fully saturated rings. The number of pyridine rings is 4. The van der Waals surface area contributed by atoms with E-state index in [0.29, 0.717) is 230 Å². The quantitative estimate of drug-likeness (QED) is 0.0811. The molecule has 5 unspecified atom stereocenters. The topological polar surface area (TPSA) is 441 Å². The van der Waals surface area contributed by atoms with Gasteiger partial charge in [-0.25, -0.2) is 107 Å². The monoisotopic (exact) mass is 2120 g/mol. The van der Waals surface area contributed by atoms with Gasteiger partial charge in [0.15, 0.2) is 72.5 Å². The van der Waals surface area contributed by atoms with Crippen molar-refractivity contribution in [2.75, 3.05) is 159 Å². The van der Waals surface area contributed by atoms with E-state index in [0.717, 1.165) is 110 Å². The molecule has 0 bridgehead atoms. The summed E-state index contributed by atoms with van der Waals surface area (Å²) in [6.07, 6.45) is 10.9. The van der Waals surface area contributed by atoms with Crippen LogP contribution in [0.5, 0.6) is 5.88 Å². The van der Waals surface area contributed by atoms with Crippen molar-refractivity contribution in [1.82, 2.24) is 79.3 Å². The van der Waals surface area contributed by atoms with Gasteiger partial charge in [0.25, 0.3) is 0 Å². The van der Waals surface area contributed by atoms with Gasteiger partial charge in [-0.05, 0) is 182 Å². The number of sulfone groups is 5. The second-order valence-electron chi connectivity index (χ2n) is 39.0. The number of nitrogens with zero attached hydrogens (tertiary/aromatic N) is 21. The summed E-state index contributed by atoms with van der Waals surface area (Å²) in [7, 11) is -14.4. The fourth-order valence-corrected chi connectivity index (χ4v) is 30.5. The lowest BCUT2D eigenvalue weighted by molar-refractivity contribution is 0.0985. The molecular formula is C101H123Cl2N21O16S5. The predicted molar refractivity (Wildman–Crippen MR) is 558 cm³/mol. The molecule has 10 aromatic heterocycles. The fourth-order valence-electron chi connectivity index (χ4n) is 20.7. The number of para-hydroxylation sites is 2. The Balaban J connectivity index is 0.000000119. The number of hydrogen-bond donors (Lipinski definition) is 0. The zero-order valence-corrected chi connectivity index (χ0v) is 88.9. The summed E-state index contributed by atoms with van der Waals surface area (Å²) in [4.78, 5) is 80.3. The SMILES string of the molecule is CC1=Cc2c(-c3nc(C4CCCS4(=O)=O)cc(N4CCOC[C@H]4C)n3)cc(Cl)nc2C1.COc1cc(-c2nc(C3CCCS3(=O)=O)cc(N3CCOC[C@H]3C)n2)cc(C)n1.Cc1cc(-c2nc(C3CCCS3(=O)=O)cc(N3CCOC[C@H]3C)n2)cc(Cl)n1.Cc1cc(-c2nc(C3CCCS3(=O)=O)cc(N3CCOC[C@H]3C)n2)ccn1.Cc1nc2ccccc2n1-c1nc(C2CCCS2(=O)=O)cc(N2CCOC[C@H]2C)n1. The Morgan fingerprint density at radius 2 is 0.724 bits per heavy atom. The number of anilines is 5. The van der Waals surface area contributed by atoms with Crippen LogP contribution in [0.4, 0.5) is 29.1 Å². The summed E-state index contributed by atoms with van der Waals surface area (Å²) in [6, 6.07) is 30.6. The molecule has 0 radical (unpaired) electrons. The lowest BCUT2D eigenvalue weighted by atomic mass is 10.1. The van der Waals surface area contributed by atoms with Crippen LogP contribution in [0, 0.1) is 27.7 Å². The van der Waals surface area contributed by atoms with E-state index in [1.807, 2.05) is 111 Å². The maximum Gasteiger partial charge on any atom is 0.237 e. The van der Waals surface area contributed by atoms with Crippen molar-refractivity contribution < 1.29 is 70.5 Å². The van der Waals surface area contributed by atoms with Gasteiger partial charge < -0.3 is 52.9 Å². The van der Waals surface area contributed by atoms with Crippen LogP contribution in [-0.4, -0.2) is 286 Å². The number of aromatic nitrogens is 16. The lowest BCUT2D eigenvalue weighted by Gasteiger charge is -2.34. The molecule has 20 heterocycles. The first-order valence-electron chi connectivity index (χ1n) is 49.6. The minimum atomic E-state index is -3.21. The van der Waals surface area contributed by atoms with Crippen LogP contribution < -0.4 is 29.2 Å². The number of fused-ring (bicyclic) bond motifs is 2. The van der Waals surface area contributed by atoms with E-state index < -0.39 is 75.4 Å². The summed E-state index contributed by atoms with van der Waals surface area (Å²) in [5.41, 5.74) is 13.2. The second-order valence-corrected chi connectivity index (χ2v) is 51.3. The molecule has 22 rings (SSSR count). The van der Waals surface area contributed by atoms with E-state index in [9.17, 15) is 42.1 Å². The van der Waals surface area contributed by atoms with Gasteiger partial charge in [0.1, 0.15) is 71.5 Å². The minimum Gasteiger partial charge on any atom is -0.481 e. The molecule has 10 aliphatic heterocycles. The maximum atomic E-state index is 12.7. The van der Waals surface area contributed by atoms with Crippen LogP contribution in [0.1, 0.15) is 195 Å². The Bertz CT molecular complexity index is 7310. The zero-order valence-electron chi connectivity index (χ0n) is 83.3. The van der Waals surface area contributed by atoms with Gasteiger partial charge in [-0.1, -0.05) is 47.0 Å². The van der Waals surface area contributed by atoms with Gasteiger partial charge in [0.2, 0.25) is 11.8 Å². The van der Waals surface area contributed by atoms with Gasteiger partial charge in [-0.3, -0.25) is 9.55 Å². The van der Waals surface area contributed by atoms with Gasteiger partial charge >= 0.3 is 0 Å². The lowest BCUT2D eigenvalue weighted by Crippen LogP contribution is -2.44. The number of aryl methyl sites for hydroxylation is 4. The molecule has 11 aliphatic rings. The van der Waals surface area contributed by atoms with Gasteiger partial charge in [0.05, 0.1) is 177 Å². The van der Waals surface area contributed by atoms with Crippen molar-refractivity contribution in [3.8, 4) is 57.4 Å². The number of benzene rings is 1. The molecule has 44 heteroatoms. The normalized spacial score (nSPS) is 24.4. The first kappa shape index (κ1) is 104. The van der Waals surface area contributed by atoms with Crippen molar-refractivity contribution in [3.63, 3.8) is 0 Å². The van der Waals surface area contributed by atoms with Crippen molar-refractivity contribution in [3.05, 3.63) is 182 Å². The van der Waals surface area contributed by atoms with E-state index in [1.54, 1.807) is 31.5 Å². The third kappa shape index (κ3) is 23.6. The van der Waals surface area contributed by atoms with Crippen LogP contribution in [-0.2, 0) is 79.3 Å². The predicted octanol–water partition coefficient (Wildman–Crippen LogP) is 13.9. The average Bonchev–Trinajstić information content (AvgIpc) is 1.60. The maximum absolute atomic E-state index is 12.7. The highest BCUT2D eigenvalue weighted by Crippen LogP contribution is 2.45. The Hall–Kier alpha value is -10.6. The van der Waals surface area contributed by atoms with Gasteiger partial charge in [0, 0.05) is 127 Å². The second kappa shape index (κ2) is 44.0. The molecule has 0 amide bonds. The number of ether oxygens (including phenoxy) is 6. The van der Waals surface area contributed by atoms with Crippen LogP contribution >= 0.6 is 23.2 Å². The average molecular weight is 2120 g/mol. The molecule has 11 aromatic rings. The molecule has 0 saturated carbocycles. The molecule has 1 aromatic carbocycles. The third-order valence-corrected chi connectivity index (χ3v) is 39.5. The number of methoxy groups -OCH3 is 1. The van der Waals surface area contributed by atoms with Crippen LogP contribution in [0.3, 0.4) is 0 Å². The van der Waals surface area contributed by atoms with Crippen molar-refractivity contribution in [2.45, 2.75) is 196 Å². The molecule has 10 saturated heterocycles. The Morgan fingerprint density at radius 1 is 0.366 bits per heavy atom. The van der Waals surface area contributed by atoms with E-state index >= 15 is 0 Å². The largest absolute Gasteiger partial charge is 0.481 e. The smallest absolute Gasteiger partial charge is 0.237 e. The van der Waals surface area contributed by atoms with Crippen LogP contribution in [0.25, 0.3) is 68.6 Å². The summed E-state index contributed by atoms with van der Waals surface area (Å²) in [6.45, 7) is 29.7. The molecular weight excluding hydrogens is 1990 g/mol. The van der Waals surface area contributed by atoms with E-state index in [-0.39, 0.29) is 59.0 Å². The zero-order chi connectivity index (χ0) is 102. The molecule has 0 spiro atoms. The van der Waals surface area contributed by atoms with Crippen LogP contribution in [0.2, 0.25) is 10.3 Å². The molecule has 0 N–H and O–H groups in total. The Kier molecular flexibility index (Phi) is 31.7. The van der Waals surface area contributed by atoms with E-state index in [4.69, 9.17) is 86.5 Å². The number of halogens is 2. The summed E-state index contributed by atoms with van der Waals surface area (Å²) >= 11 is 12.5. The van der Waals surface area contributed by atoms with Crippen molar-refractivity contribution >= 4 is 119 Å². The van der Waals surface area contributed by atoms with E-state index in [2.05, 4.69) is 112 Å². The first-order valence-corrected chi connectivity index (χ1v) is 58.9. The summed E-state index contributed by atoms with van der Waals surface area (Å²) in [5, 5.41) is -2.12. The van der Waals surface area contributed by atoms with Crippen molar-refractivity contribution in [2.24, 2.45) is 0 Å². The highest BCUT2D eigenvalue weighted by atomic mass is 35.5. The standard InChI is InChI=1S/C22H25ClN4O3S.C21H25N5O3S.C20H26N4O4S.C19H23ClN4O3S.C19H24N4O3S/c1-13-8-15-16(10-20(23)24-17(15)9-13)22-25-18(19-4-3-7-31(19,28)29)11-21(26-22)27-5-6-30-12-14(27)2;1-14-13-29-10-9-25(14)20-12-17(19-8-5-11-30(19,27)28)23-21(24-20)26-15(2)22-16-6-3-4-7-18(16)26;1-13-9-15(10-19(21-13)27-3)20-22-16(17-5-4-8-29(17,25)26)11-18(23-20)24-6-7-28-12-14(24)2;1-12-8-14(9-17(20)21-12)19-22-15(16-4-3-7-28(16,25)26)10-18(23-19)24-5-6-27-11-13(24)2;1-13-10-15(5-6-20-13)19-21-16(17-4-3-9-27(17,24)25)11-18(22-19)23-7-8-26-12-14(23)2/h8,10-11,14,19H,3-7,9,12H2,1-2H3;3-4,6-7,12,14,19H,5,8-11,13H2,1-2H3;9-11,14,17H,4-8,12H2,1-3H3;8-10,13,16H,3-7,11H2,1-2H3;5-6,10-11,14,17H,3-4,7-9,12H2,1-2H3/t2*14-,19?;14-,17?;13-,16?;14-,17?/m11111/s1. The number of allylic oxidation sites excluding steroid dienone is 1. The molecule has 37 nitrogen and oxygen atoms in total. The molecule has 1 aliphatic carbocycles. The summed E-state index contributed by atoms with van der Waals surface area (Å²) < 4.78 is 161. The Morgan fingerprint density at radius 3 is 1.11 bits per heavy atom.